The fourth-order valence-electron chi connectivity index (χ4n) is 5.54. The molecule has 12 heteroatoms. The second-order valence-electron chi connectivity index (χ2n) is 11.7. The number of piperidine rings is 1. The van der Waals surface area contributed by atoms with Gasteiger partial charge < -0.3 is 9.31 Å². The van der Waals surface area contributed by atoms with Gasteiger partial charge in [0.25, 0.3) is 0 Å². The predicted molar refractivity (Wildman–Crippen MR) is 149 cm³/mol. The van der Waals surface area contributed by atoms with E-state index in [9.17, 15) is 16.8 Å². The Labute approximate surface area is 226 Å². The molecular weight excluding hydrogens is 525 g/mol. The molecule has 9 nitrogen and oxygen atoms in total. The summed E-state index contributed by atoms with van der Waals surface area (Å²) in [6.45, 7) is 11.7. The summed E-state index contributed by atoms with van der Waals surface area (Å²) in [5.74, 6) is 0. The molecule has 2 saturated heterocycles. The van der Waals surface area contributed by atoms with Crippen molar-refractivity contribution >= 4 is 38.1 Å². The molecule has 38 heavy (non-hydrogen) atoms. The molecule has 0 radical (unpaired) electrons. The van der Waals surface area contributed by atoms with Gasteiger partial charge in [0.2, 0.25) is 20.0 Å². The quantitative estimate of drug-likeness (QED) is 0.513. The molecule has 1 aliphatic carbocycles. The van der Waals surface area contributed by atoms with Crippen LogP contribution in [0.1, 0.15) is 60.8 Å². The Morgan fingerprint density at radius 2 is 1.61 bits per heavy atom. The number of aromatic nitrogens is 2. The molecule has 0 aromatic carbocycles. The van der Waals surface area contributed by atoms with Crippen LogP contribution in [0.5, 0.6) is 0 Å². The number of nitrogens with zero attached hydrogens (tertiary/aromatic N) is 3. The highest BCUT2D eigenvalue weighted by atomic mass is 32.2. The molecule has 0 saturated carbocycles. The van der Waals surface area contributed by atoms with Gasteiger partial charge in [-0.05, 0) is 72.0 Å². The van der Waals surface area contributed by atoms with Crippen LogP contribution < -0.4 is 0 Å². The Hall–Kier alpha value is -1.99. The lowest BCUT2D eigenvalue weighted by molar-refractivity contribution is 0.00578. The number of pyridine rings is 1. The molecule has 2 fully saturated rings. The molecule has 2 aliphatic heterocycles. The van der Waals surface area contributed by atoms with E-state index < -0.39 is 48.4 Å². The minimum absolute atomic E-state index is 0.369. The molecule has 2 aromatic heterocycles. The molecule has 2 aromatic rings. The summed E-state index contributed by atoms with van der Waals surface area (Å²) in [7, 11) is -9.16. The summed E-state index contributed by atoms with van der Waals surface area (Å²) in [5.41, 5.74) is 0.276. The van der Waals surface area contributed by atoms with E-state index in [1.807, 2.05) is 27.7 Å². The Balaban J connectivity index is 1.68. The first-order valence-electron chi connectivity index (χ1n) is 13.0. The maximum atomic E-state index is 14.4. The normalized spacial score (nSPS) is 28.4. The first-order chi connectivity index (χ1) is 17.6. The average Bonchev–Trinajstić information content (AvgIpc) is 3.37. The third kappa shape index (κ3) is 4.11. The third-order valence-electron chi connectivity index (χ3n) is 8.63. The van der Waals surface area contributed by atoms with Crippen molar-refractivity contribution < 1.29 is 26.1 Å². The van der Waals surface area contributed by atoms with Gasteiger partial charge in [-0.25, -0.2) is 25.1 Å². The maximum Gasteiger partial charge on any atom is 0.494 e. The van der Waals surface area contributed by atoms with Crippen molar-refractivity contribution in [2.45, 2.75) is 82.0 Å². The van der Waals surface area contributed by atoms with Crippen molar-refractivity contribution in [3.63, 3.8) is 0 Å². The predicted octanol–water partition coefficient (Wildman–Crippen LogP) is 3.67. The first-order valence-corrected chi connectivity index (χ1v) is 16.0. The summed E-state index contributed by atoms with van der Waals surface area (Å²) in [6.07, 6.45) is 10.1. The highest BCUT2D eigenvalue weighted by Gasteiger charge is 2.58. The van der Waals surface area contributed by atoms with Crippen molar-refractivity contribution in [3.05, 3.63) is 53.9 Å². The standard InChI is InChI=1S/C26H36BN3O6S2/c1-19-17-26(6,38(33,34)30-15-11-20-10-12-28-18-22(20)30)23(37(31,32)29-13-8-7-9-14-29)16-21(19)27-35-24(2,3)25(4,5)36-27/h10-12,15-18,23H,7-9,13-14H2,1-6H3. The van der Waals surface area contributed by atoms with Gasteiger partial charge in [0, 0.05) is 30.9 Å². The molecule has 0 spiro atoms. The fourth-order valence-corrected chi connectivity index (χ4v) is 10.1. The number of hydrogen-bond donors (Lipinski definition) is 0. The van der Waals surface area contributed by atoms with E-state index >= 15 is 0 Å². The summed E-state index contributed by atoms with van der Waals surface area (Å²) in [6, 6.07) is 3.42. The van der Waals surface area contributed by atoms with Crippen molar-refractivity contribution in [3.8, 4) is 0 Å². The molecule has 2 unspecified atom stereocenters. The van der Waals surface area contributed by atoms with Crippen LogP contribution in [0.15, 0.2) is 53.9 Å². The first kappa shape index (κ1) is 27.6. The number of sulfonamides is 1. The highest BCUT2D eigenvalue weighted by molar-refractivity contribution is 7.95. The Bertz CT molecular complexity index is 1520. The van der Waals surface area contributed by atoms with Gasteiger partial charge in [-0.15, -0.1) is 0 Å². The Kier molecular flexibility index (Phi) is 6.55. The van der Waals surface area contributed by atoms with E-state index in [1.165, 1.54) is 23.6 Å². The number of allylic oxidation sites excluding steroid dienone is 2. The largest absolute Gasteiger partial charge is 0.494 e. The van der Waals surface area contributed by atoms with Gasteiger partial charge in [0.15, 0.2) is 0 Å². The summed E-state index contributed by atoms with van der Waals surface area (Å²) >= 11 is 0. The van der Waals surface area contributed by atoms with Crippen molar-refractivity contribution in [2.24, 2.45) is 0 Å². The zero-order chi connectivity index (χ0) is 27.7. The topological polar surface area (TPSA) is 108 Å². The monoisotopic (exact) mass is 561 g/mol. The second kappa shape index (κ2) is 9.02. The smallest absolute Gasteiger partial charge is 0.399 e. The van der Waals surface area contributed by atoms with Crippen LogP contribution in [0.2, 0.25) is 0 Å². The zero-order valence-electron chi connectivity index (χ0n) is 22.8. The minimum Gasteiger partial charge on any atom is -0.399 e. The van der Waals surface area contributed by atoms with Crippen molar-refractivity contribution in [1.29, 1.82) is 0 Å². The maximum absolute atomic E-state index is 14.4. The number of hydrogen-bond acceptors (Lipinski definition) is 7. The Morgan fingerprint density at radius 3 is 2.24 bits per heavy atom. The van der Waals surface area contributed by atoms with Gasteiger partial charge in [-0.1, -0.05) is 24.1 Å². The van der Waals surface area contributed by atoms with E-state index in [1.54, 1.807) is 37.4 Å². The van der Waals surface area contributed by atoms with Gasteiger partial charge >= 0.3 is 7.12 Å². The summed E-state index contributed by atoms with van der Waals surface area (Å²) in [5, 5.41) is -0.683. The van der Waals surface area contributed by atoms with Gasteiger partial charge in [0.1, 0.15) is 10.00 Å². The van der Waals surface area contributed by atoms with Crippen LogP contribution >= 0.6 is 0 Å². The van der Waals surface area contributed by atoms with Gasteiger partial charge in [-0.3, -0.25) is 4.98 Å². The van der Waals surface area contributed by atoms with Crippen molar-refractivity contribution in [2.75, 3.05) is 13.1 Å². The molecular formula is C26H36BN3O6S2. The third-order valence-corrected chi connectivity index (χ3v) is 13.5. The van der Waals surface area contributed by atoms with E-state index in [0.29, 0.717) is 35.0 Å². The molecule has 2 atom stereocenters. The van der Waals surface area contributed by atoms with Gasteiger partial charge in [-0.2, -0.15) is 0 Å². The number of fused-ring (bicyclic) bond motifs is 1. The van der Waals surface area contributed by atoms with Crippen LogP contribution in [0, 0.1) is 0 Å². The lowest BCUT2D eigenvalue weighted by atomic mass is 9.70. The van der Waals surface area contributed by atoms with Crippen LogP contribution in [0.25, 0.3) is 10.9 Å². The SMILES string of the molecule is CC1=CC(C)(S(=O)(=O)n2ccc3ccncc32)C(S(=O)(=O)N2CCCCC2)C=C1B1OC(C)(C)C(C)(C)O1. The van der Waals surface area contributed by atoms with E-state index in [4.69, 9.17) is 9.31 Å². The average molecular weight is 562 g/mol. The minimum atomic E-state index is -4.27. The molecule has 0 bridgehead atoms. The molecule has 206 valence electrons. The lowest BCUT2D eigenvalue weighted by Gasteiger charge is -2.40. The molecule has 0 N–H and O–H groups in total. The Morgan fingerprint density at radius 1 is 0.974 bits per heavy atom. The van der Waals surface area contributed by atoms with Crippen LogP contribution in [-0.2, 0) is 29.4 Å². The lowest BCUT2D eigenvalue weighted by Crippen LogP contribution is -2.56. The van der Waals surface area contributed by atoms with Gasteiger partial charge in [0.05, 0.1) is 22.9 Å². The van der Waals surface area contributed by atoms with Crippen molar-refractivity contribution in [1.82, 2.24) is 13.3 Å². The molecule has 5 rings (SSSR count). The highest BCUT2D eigenvalue weighted by Crippen LogP contribution is 2.45. The fraction of sp³-hybridized carbons (Fsp3) is 0.577. The van der Waals surface area contributed by atoms with Crippen LogP contribution in [0.4, 0.5) is 0 Å². The van der Waals surface area contributed by atoms with E-state index in [2.05, 4.69) is 4.98 Å². The summed E-state index contributed by atoms with van der Waals surface area (Å²) < 4.78 is 70.6. The zero-order valence-corrected chi connectivity index (χ0v) is 24.5. The van der Waals surface area contributed by atoms with E-state index in [0.717, 1.165) is 23.2 Å². The van der Waals surface area contributed by atoms with Crippen LogP contribution in [-0.4, -0.2) is 71.5 Å². The molecule has 4 heterocycles. The van der Waals surface area contributed by atoms with Crippen LogP contribution in [0.3, 0.4) is 0 Å². The summed E-state index contributed by atoms with van der Waals surface area (Å²) in [4.78, 5) is 4.10. The second-order valence-corrected chi connectivity index (χ2v) is 16.0. The molecule has 0 amide bonds. The number of rotatable bonds is 5. The molecule has 3 aliphatic rings. The van der Waals surface area contributed by atoms with E-state index in [-0.39, 0.29) is 0 Å².